The lowest BCUT2D eigenvalue weighted by molar-refractivity contribution is 0.163. The molecule has 0 bridgehead atoms. The molecule has 0 unspecified atom stereocenters. The van der Waals surface area contributed by atoms with E-state index in [1.165, 1.54) is 0 Å². The molecule has 0 radical (unpaired) electrons. The molecule has 0 atom stereocenters. The van der Waals surface area contributed by atoms with Crippen molar-refractivity contribution in [2.24, 2.45) is 0 Å². The summed E-state index contributed by atoms with van der Waals surface area (Å²) >= 11 is 0. The van der Waals surface area contributed by atoms with E-state index in [9.17, 15) is 0 Å². The lowest BCUT2D eigenvalue weighted by Crippen LogP contribution is -2.28. The quantitative estimate of drug-likeness (QED) is 0.715. The smallest absolute Gasteiger partial charge is 0.131 e. The summed E-state index contributed by atoms with van der Waals surface area (Å²) in [5, 5.41) is 3.22. The number of ether oxygens (including phenoxy) is 1. The van der Waals surface area contributed by atoms with Crippen molar-refractivity contribution in [3.05, 3.63) is 11.9 Å². The highest BCUT2D eigenvalue weighted by atomic mass is 16.5. The molecule has 0 spiro atoms. The van der Waals surface area contributed by atoms with E-state index in [2.05, 4.69) is 27.2 Å². The van der Waals surface area contributed by atoms with Crippen molar-refractivity contribution in [3.8, 4) is 0 Å². The molecule has 0 saturated carbocycles. The van der Waals surface area contributed by atoms with Crippen molar-refractivity contribution in [3.63, 3.8) is 0 Å². The zero-order chi connectivity index (χ0) is 12.7. The van der Waals surface area contributed by atoms with Crippen LogP contribution in [0.25, 0.3) is 0 Å². The van der Waals surface area contributed by atoms with E-state index in [0.29, 0.717) is 11.6 Å². The number of anilines is 2. The molecule has 1 aromatic heterocycles. The van der Waals surface area contributed by atoms with Crippen molar-refractivity contribution < 1.29 is 4.74 Å². The molecule has 1 heterocycles. The number of hydrogen-bond acceptors (Lipinski definition) is 6. The maximum Gasteiger partial charge on any atom is 0.131 e. The van der Waals surface area contributed by atoms with Gasteiger partial charge in [-0.2, -0.15) is 0 Å². The third-order valence-corrected chi connectivity index (χ3v) is 2.33. The number of nitrogens with two attached hydrogens (primary N) is 1. The monoisotopic (exact) mass is 239 g/mol. The average molecular weight is 239 g/mol. The van der Waals surface area contributed by atoms with Gasteiger partial charge in [0.25, 0.3) is 0 Å². The molecule has 0 saturated heterocycles. The lowest BCUT2D eigenvalue weighted by atomic mass is 10.4. The van der Waals surface area contributed by atoms with Gasteiger partial charge in [-0.1, -0.05) is 0 Å². The first-order chi connectivity index (χ1) is 8.11. The predicted octanol–water partition coefficient (Wildman–Crippen LogP) is 0.357. The van der Waals surface area contributed by atoms with Gasteiger partial charge in [-0.05, 0) is 14.0 Å². The number of likely N-dealkylation sites (N-methyl/N-ethyl adjacent to an activating group) is 1. The highest BCUT2D eigenvalue weighted by Crippen LogP contribution is 2.06. The van der Waals surface area contributed by atoms with Gasteiger partial charge in [0.1, 0.15) is 17.5 Å². The minimum absolute atomic E-state index is 0.493. The van der Waals surface area contributed by atoms with E-state index < -0.39 is 0 Å². The molecule has 0 amide bonds. The summed E-state index contributed by atoms with van der Waals surface area (Å²) in [5.41, 5.74) is 5.64. The van der Waals surface area contributed by atoms with Crippen molar-refractivity contribution in [1.29, 1.82) is 0 Å². The fourth-order valence-corrected chi connectivity index (χ4v) is 1.42. The van der Waals surface area contributed by atoms with E-state index in [0.717, 1.165) is 32.1 Å². The van der Waals surface area contributed by atoms with Gasteiger partial charge in [-0.15, -0.1) is 0 Å². The second-order valence-electron chi connectivity index (χ2n) is 3.95. The SMILES string of the molecule is COCCN(C)CCNc1cc(N)nc(C)n1. The zero-order valence-electron chi connectivity index (χ0n) is 10.7. The number of hydrogen-bond donors (Lipinski definition) is 2. The Morgan fingerprint density at radius 3 is 2.82 bits per heavy atom. The molecular formula is C11H21N5O. The summed E-state index contributed by atoms with van der Waals surface area (Å²) in [6.07, 6.45) is 0. The van der Waals surface area contributed by atoms with Gasteiger partial charge in [0.2, 0.25) is 0 Å². The third kappa shape index (κ3) is 5.46. The van der Waals surface area contributed by atoms with Crippen LogP contribution in [0, 0.1) is 6.92 Å². The first-order valence-corrected chi connectivity index (χ1v) is 5.64. The number of aryl methyl sites for hydroxylation is 1. The van der Waals surface area contributed by atoms with Crippen molar-refractivity contribution in [2.75, 3.05) is 51.4 Å². The number of aromatic nitrogens is 2. The molecule has 17 heavy (non-hydrogen) atoms. The normalized spacial score (nSPS) is 10.8. The molecule has 96 valence electrons. The average Bonchev–Trinajstić information content (AvgIpc) is 2.25. The largest absolute Gasteiger partial charge is 0.384 e. The van der Waals surface area contributed by atoms with Crippen LogP contribution < -0.4 is 11.1 Å². The van der Waals surface area contributed by atoms with E-state index in [-0.39, 0.29) is 0 Å². The standard InChI is InChI=1S/C11H21N5O/c1-9-14-10(12)8-11(15-9)13-4-5-16(2)6-7-17-3/h8H,4-7H2,1-3H3,(H3,12,13,14,15). The highest BCUT2D eigenvalue weighted by molar-refractivity contribution is 5.44. The lowest BCUT2D eigenvalue weighted by Gasteiger charge is -2.16. The topological polar surface area (TPSA) is 76.3 Å². The third-order valence-electron chi connectivity index (χ3n) is 2.33. The van der Waals surface area contributed by atoms with Crippen LogP contribution in [0.15, 0.2) is 6.07 Å². The Hall–Kier alpha value is -1.40. The van der Waals surface area contributed by atoms with Crippen LogP contribution in [0.2, 0.25) is 0 Å². The molecule has 3 N–H and O–H groups in total. The minimum atomic E-state index is 0.493. The molecule has 0 aromatic carbocycles. The van der Waals surface area contributed by atoms with Crippen molar-refractivity contribution >= 4 is 11.6 Å². The van der Waals surface area contributed by atoms with Gasteiger partial charge in [-0.3, -0.25) is 0 Å². The Morgan fingerprint density at radius 1 is 1.41 bits per heavy atom. The Balaban J connectivity index is 2.30. The van der Waals surface area contributed by atoms with E-state index in [1.54, 1.807) is 13.2 Å². The number of methoxy groups -OCH3 is 1. The van der Waals surface area contributed by atoms with Crippen LogP contribution in [-0.2, 0) is 4.74 Å². The number of nitrogen functional groups attached to an aromatic ring is 1. The number of rotatable bonds is 7. The van der Waals surface area contributed by atoms with Crippen LogP contribution in [0.4, 0.5) is 11.6 Å². The fraction of sp³-hybridized carbons (Fsp3) is 0.636. The summed E-state index contributed by atoms with van der Waals surface area (Å²) in [4.78, 5) is 10.5. The van der Waals surface area contributed by atoms with Crippen LogP contribution in [-0.4, -0.2) is 55.3 Å². The first-order valence-electron chi connectivity index (χ1n) is 5.64. The molecule has 6 nitrogen and oxygen atoms in total. The molecule has 0 aliphatic carbocycles. The highest BCUT2D eigenvalue weighted by Gasteiger charge is 2.00. The fourth-order valence-electron chi connectivity index (χ4n) is 1.42. The van der Waals surface area contributed by atoms with Gasteiger partial charge in [0.05, 0.1) is 6.61 Å². The Kier molecular flexibility index (Phi) is 5.65. The summed E-state index contributed by atoms with van der Waals surface area (Å²) in [7, 11) is 3.76. The van der Waals surface area contributed by atoms with Gasteiger partial charge in [0, 0.05) is 32.8 Å². The van der Waals surface area contributed by atoms with Gasteiger partial charge >= 0.3 is 0 Å². The zero-order valence-corrected chi connectivity index (χ0v) is 10.7. The van der Waals surface area contributed by atoms with Gasteiger partial charge in [0.15, 0.2) is 0 Å². The molecular weight excluding hydrogens is 218 g/mol. The number of nitrogens with zero attached hydrogens (tertiary/aromatic N) is 3. The Labute approximate surface area is 102 Å². The molecule has 0 aliphatic heterocycles. The maximum atomic E-state index is 5.64. The molecule has 6 heteroatoms. The van der Waals surface area contributed by atoms with E-state index in [4.69, 9.17) is 10.5 Å². The van der Waals surface area contributed by atoms with Gasteiger partial charge < -0.3 is 20.7 Å². The summed E-state index contributed by atoms with van der Waals surface area (Å²) in [6.45, 7) is 5.23. The summed E-state index contributed by atoms with van der Waals surface area (Å²) in [5.74, 6) is 1.95. The van der Waals surface area contributed by atoms with Crippen molar-refractivity contribution in [1.82, 2.24) is 14.9 Å². The van der Waals surface area contributed by atoms with Gasteiger partial charge in [-0.25, -0.2) is 9.97 Å². The second-order valence-corrected chi connectivity index (χ2v) is 3.95. The molecule has 0 fully saturated rings. The molecule has 1 rings (SSSR count). The van der Waals surface area contributed by atoms with E-state index >= 15 is 0 Å². The van der Waals surface area contributed by atoms with Crippen LogP contribution in [0.1, 0.15) is 5.82 Å². The first kappa shape index (κ1) is 13.7. The van der Waals surface area contributed by atoms with Crippen LogP contribution >= 0.6 is 0 Å². The Morgan fingerprint density at radius 2 is 2.18 bits per heavy atom. The summed E-state index contributed by atoms with van der Waals surface area (Å²) < 4.78 is 5.01. The van der Waals surface area contributed by atoms with Crippen LogP contribution in [0.5, 0.6) is 0 Å². The molecule has 1 aromatic rings. The predicted molar refractivity (Wildman–Crippen MR) is 69.0 cm³/mol. The molecule has 0 aliphatic rings. The van der Waals surface area contributed by atoms with Crippen molar-refractivity contribution in [2.45, 2.75) is 6.92 Å². The maximum absolute atomic E-state index is 5.64. The summed E-state index contributed by atoms with van der Waals surface area (Å²) in [6, 6.07) is 1.74. The Bertz CT molecular complexity index is 324. The van der Waals surface area contributed by atoms with Crippen LogP contribution in [0.3, 0.4) is 0 Å². The number of nitrogens with one attached hydrogen (secondary N) is 1. The second kappa shape index (κ2) is 7.03. The minimum Gasteiger partial charge on any atom is -0.384 e. The van der Waals surface area contributed by atoms with E-state index in [1.807, 2.05) is 6.92 Å².